The molecule has 0 atom stereocenters. The van der Waals surface area contributed by atoms with Gasteiger partial charge in [0, 0.05) is 11.6 Å². The fourth-order valence-corrected chi connectivity index (χ4v) is 3.67. The normalized spacial score (nSPS) is 17.6. The Balaban J connectivity index is 1.69. The van der Waals surface area contributed by atoms with Crippen LogP contribution in [-0.2, 0) is 0 Å². The molecule has 11 nitrogen and oxygen atoms in total. The lowest BCUT2D eigenvalue weighted by Crippen LogP contribution is -2.33. The third kappa shape index (κ3) is 3.96. The lowest BCUT2D eigenvalue weighted by Gasteiger charge is -2.30. The van der Waals surface area contributed by atoms with Crippen LogP contribution >= 0.6 is 23.2 Å². The molecule has 1 fully saturated rings. The standard InChI is InChI=1S/C18H12Cl2N6O5/c19-11-3-8(26-18(30)22-17(29)13(6-21)25-26)4-12(20)15(11)31-14-5-10(16(28)24-23-14)7-1-9(27)2-7/h3-5,7,9,27H,1-2H2,(H,24,28)(H,22,29,30). The number of nitriles is 1. The number of aliphatic hydroxyl groups excluding tert-OH is 1. The van der Waals surface area contributed by atoms with Crippen LogP contribution in [0.3, 0.4) is 0 Å². The molecule has 0 saturated heterocycles. The monoisotopic (exact) mass is 462 g/mol. The molecule has 0 spiro atoms. The molecule has 3 N–H and O–H groups in total. The predicted octanol–water partition coefficient (Wildman–Crippen LogP) is 1.21. The SMILES string of the molecule is N#Cc1nn(-c2cc(Cl)c(Oc3cc(C4CC(O)C4)c(=O)[nH]n3)c(Cl)c2)c(=O)[nH]c1=O. The molecule has 3 aromatic rings. The van der Waals surface area contributed by atoms with E-state index in [0.717, 1.165) is 4.68 Å². The zero-order valence-electron chi connectivity index (χ0n) is 15.4. The van der Waals surface area contributed by atoms with E-state index < -0.39 is 23.0 Å². The Bertz CT molecular complexity index is 1380. The molecule has 1 aliphatic carbocycles. The van der Waals surface area contributed by atoms with Crippen molar-refractivity contribution in [2.45, 2.75) is 24.9 Å². The molecule has 13 heteroatoms. The lowest BCUT2D eigenvalue weighted by atomic mass is 9.78. The van der Waals surface area contributed by atoms with Crippen LogP contribution in [-0.4, -0.2) is 36.2 Å². The quantitative estimate of drug-likeness (QED) is 0.519. The van der Waals surface area contributed by atoms with Crippen molar-refractivity contribution in [2.75, 3.05) is 0 Å². The van der Waals surface area contributed by atoms with Gasteiger partial charge >= 0.3 is 5.69 Å². The summed E-state index contributed by atoms with van der Waals surface area (Å²) in [5, 5.41) is 28.2. The summed E-state index contributed by atoms with van der Waals surface area (Å²) < 4.78 is 6.40. The number of hydrogen-bond donors (Lipinski definition) is 3. The van der Waals surface area contributed by atoms with E-state index in [2.05, 4.69) is 15.3 Å². The van der Waals surface area contributed by atoms with Gasteiger partial charge in [-0.05, 0) is 30.9 Å². The van der Waals surface area contributed by atoms with Gasteiger partial charge in [0.1, 0.15) is 6.07 Å². The number of aromatic amines is 2. The van der Waals surface area contributed by atoms with Crippen molar-refractivity contribution in [2.24, 2.45) is 0 Å². The van der Waals surface area contributed by atoms with E-state index in [1.54, 1.807) is 6.07 Å². The van der Waals surface area contributed by atoms with Crippen molar-refractivity contribution in [1.82, 2.24) is 25.0 Å². The van der Waals surface area contributed by atoms with Crippen molar-refractivity contribution in [1.29, 1.82) is 5.26 Å². The highest BCUT2D eigenvalue weighted by Crippen LogP contribution is 2.39. The molecule has 2 heterocycles. The van der Waals surface area contributed by atoms with Crippen molar-refractivity contribution in [3.05, 3.63) is 70.7 Å². The smallest absolute Gasteiger partial charge is 0.349 e. The summed E-state index contributed by atoms with van der Waals surface area (Å²) in [6.45, 7) is 0. The molecule has 0 aliphatic heterocycles. The number of nitrogens with one attached hydrogen (secondary N) is 2. The van der Waals surface area contributed by atoms with E-state index in [0.29, 0.717) is 18.4 Å². The molecule has 0 amide bonds. The Morgan fingerprint density at radius 3 is 2.45 bits per heavy atom. The minimum atomic E-state index is -0.917. The van der Waals surface area contributed by atoms with Gasteiger partial charge in [0.15, 0.2) is 5.75 Å². The van der Waals surface area contributed by atoms with Crippen molar-refractivity contribution < 1.29 is 9.84 Å². The van der Waals surface area contributed by atoms with Crippen molar-refractivity contribution in [3.8, 4) is 23.4 Å². The summed E-state index contributed by atoms with van der Waals surface area (Å²) in [4.78, 5) is 37.6. The number of benzene rings is 1. The molecule has 1 saturated carbocycles. The maximum atomic E-state index is 12.1. The van der Waals surface area contributed by atoms with Crippen LogP contribution in [0.15, 0.2) is 32.6 Å². The highest BCUT2D eigenvalue weighted by molar-refractivity contribution is 6.37. The van der Waals surface area contributed by atoms with Crippen LogP contribution < -0.4 is 21.5 Å². The van der Waals surface area contributed by atoms with E-state index in [1.807, 2.05) is 4.98 Å². The maximum Gasteiger partial charge on any atom is 0.349 e. The van der Waals surface area contributed by atoms with E-state index in [1.165, 1.54) is 18.2 Å². The lowest BCUT2D eigenvalue weighted by molar-refractivity contribution is 0.0740. The molecule has 4 rings (SSSR count). The Labute approximate surface area is 182 Å². The Kier molecular flexibility index (Phi) is 5.36. The highest BCUT2D eigenvalue weighted by Gasteiger charge is 2.31. The Morgan fingerprint density at radius 2 is 1.84 bits per heavy atom. The van der Waals surface area contributed by atoms with Crippen LogP contribution in [0.4, 0.5) is 0 Å². The number of H-pyrrole nitrogens is 2. The van der Waals surface area contributed by atoms with Gasteiger partial charge in [-0.3, -0.25) is 14.6 Å². The molecule has 158 valence electrons. The largest absolute Gasteiger partial charge is 0.434 e. The third-order valence-electron chi connectivity index (χ3n) is 4.73. The first-order valence-electron chi connectivity index (χ1n) is 8.85. The van der Waals surface area contributed by atoms with Crippen LogP contribution in [0.2, 0.25) is 10.0 Å². The fraction of sp³-hybridized carbons (Fsp3) is 0.222. The van der Waals surface area contributed by atoms with Gasteiger partial charge in [0.25, 0.3) is 11.1 Å². The second-order valence-corrected chi connectivity index (χ2v) is 7.60. The predicted molar refractivity (Wildman–Crippen MR) is 108 cm³/mol. The van der Waals surface area contributed by atoms with Crippen LogP contribution in [0.25, 0.3) is 5.69 Å². The molecular weight excluding hydrogens is 451 g/mol. The first-order chi connectivity index (χ1) is 14.8. The molecule has 0 radical (unpaired) electrons. The molecule has 31 heavy (non-hydrogen) atoms. The van der Waals surface area contributed by atoms with Crippen LogP contribution in [0, 0.1) is 11.3 Å². The van der Waals surface area contributed by atoms with Gasteiger partial charge in [-0.25, -0.2) is 9.89 Å². The van der Waals surface area contributed by atoms with E-state index in [4.69, 9.17) is 33.2 Å². The Morgan fingerprint density at radius 1 is 1.16 bits per heavy atom. The molecule has 0 bridgehead atoms. The van der Waals surface area contributed by atoms with Gasteiger partial charge < -0.3 is 9.84 Å². The van der Waals surface area contributed by atoms with Gasteiger partial charge in [-0.15, -0.1) is 10.2 Å². The molecule has 1 aliphatic rings. The number of nitrogens with zero attached hydrogens (tertiary/aromatic N) is 4. The zero-order valence-corrected chi connectivity index (χ0v) is 16.9. The second kappa shape index (κ2) is 7.99. The van der Waals surface area contributed by atoms with E-state index in [9.17, 15) is 19.5 Å². The summed E-state index contributed by atoms with van der Waals surface area (Å²) in [5.41, 5.74) is -2.20. The molecule has 1 aromatic carbocycles. The molecule has 2 aromatic heterocycles. The summed E-state index contributed by atoms with van der Waals surface area (Å²) in [6, 6.07) is 5.62. The minimum absolute atomic E-state index is 0.00390. The fourth-order valence-electron chi connectivity index (χ4n) is 3.12. The summed E-state index contributed by atoms with van der Waals surface area (Å²) >= 11 is 12.5. The maximum absolute atomic E-state index is 12.1. The van der Waals surface area contributed by atoms with E-state index >= 15 is 0 Å². The number of hydrogen-bond acceptors (Lipinski definition) is 8. The zero-order chi connectivity index (χ0) is 22.3. The third-order valence-corrected chi connectivity index (χ3v) is 5.29. The van der Waals surface area contributed by atoms with Crippen LogP contribution in [0.5, 0.6) is 11.6 Å². The number of rotatable bonds is 4. The minimum Gasteiger partial charge on any atom is -0.434 e. The average Bonchev–Trinajstić information content (AvgIpc) is 2.69. The Hall–Kier alpha value is -3.46. The number of aliphatic hydroxyl groups is 1. The van der Waals surface area contributed by atoms with E-state index in [-0.39, 0.29) is 38.8 Å². The first-order valence-corrected chi connectivity index (χ1v) is 9.61. The van der Waals surface area contributed by atoms with Gasteiger partial charge in [-0.1, -0.05) is 23.2 Å². The van der Waals surface area contributed by atoms with Gasteiger partial charge in [0.2, 0.25) is 11.6 Å². The van der Waals surface area contributed by atoms with Crippen molar-refractivity contribution >= 4 is 23.2 Å². The van der Waals surface area contributed by atoms with Crippen LogP contribution in [0.1, 0.15) is 30.0 Å². The number of ether oxygens (including phenoxy) is 1. The summed E-state index contributed by atoms with van der Waals surface area (Å²) in [6.07, 6.45) is 0.493. The van der Waals surface area contributed by atoms with Gasteiger partial charge in [0.05, 0.1) is 21.8 Å². The number of aromatic nitrogens is 5. The number of halogens is 2. The summed E-state index contributed by atoms with van der Waals surface area (Å²) in [7, 11) is 0. The highest BCUT2D eigenvalue weighted by atomic mass is 35.5. The second-order valence-electron chi connectivity index (χ2n) is 6.78. The molecular formula is C18H12Cl2N6O5. The average molecular weight is 463 g/mol. The van der Waals surface area contributed by atoms with Gasteiger partial charge in [-0.2, -0.15) is 9.94 Å². The topological polar surface area (TPSA) is 167 Å². The molecule has 0 unspecified atom stereocenters. The first kappa shape index (κ1) is 20.8. The summed E-state index contributed by atoms with van der Waals surface area (Å²) in [5.74, 6) is -0.0761. The van der Waals surface area contributed by atoms with Crippen molar-refractivity contribution in [3.63, 3.8) is 0 Å².